The van der Waals surface area contributed by atoms with Crippen LogP contribution in [0.5, 0.6) is 0 Å². The Bertz CT molecular complexity index is 562. The van der Waals surface area contributed by atoms with E-state index in [-0.39, 0.29) is 0 Å². The molecule has 0 radical (unpaired) electrons. The predicted molar refractivity (Wildman–Crippen MR) is 64.8 cm³/mol. The molecule has 0 N–H and O–H groups in total. The lowest BCUT2D eigenvalue weighted by Crippen LogP contribution is -1.93. The van der Waals surface area contributed by atoms with Gasteiger partial charge in [-0.1, -0.05) is 18.2 Å². The first-order valence-corrected chi connectivity index (χ1v) is 5.75. The van der Waals surface area contributed by atoms with E-state index in [1.54, 1.807) is 12.3 Å². The van der Waals surface area contributed by atoms with Gasteiger partial charge in [-0.2, -0.15) is 0 Å². The van der Waals surface area contributed by atoms with Crippen molar-refractivity contribution in [3.05, 3.63) is 47.8 Å². The Balaban J connectivity index is 2.01. The van der Waals surface area contributed by atoms with Crippen LogP contribution in [0.25, 0.3) is 11.4 Å². The van der Waals surface area contributed by atoms with Crippen molar-refractivity contribution in [3.63, 3.8) is 0 Å². The van der Waals surface area contributed by atoms with E-state index >= 15 is 0 Å². The number of hydrogen-bond donors (Lipinski definition) is 0. The number of aromatic nitrogens is 2. The van der Waals surface area contributed by atoms with Crippen molar-refractivity contribution in [1.29, 1.82) is 0 Å². The molecule has 2 aromatic rings. The molecule has 3 heteroatoms. The minimum atomic E-state index is 0.617. The van der Waals surface area contributed by atoms with Crippen molar-refractivity contribution in [2.24, 2.45) is 0 Å². The highest BCUT2D eigenvalue weighted by Gasteiger charge is 2.25. The molecule has 0 unspecified atom stereocenters. The molecule has 1 aromatic carbocycles. The van der Waals surface area contributed by atoms with Crippen LogP contribution in [0.3, 0.4) is 0 Å². The van der Waals surface area contributed by atoms with Crippen LogP contribution in [0.4, 0.5) is 0 Å². The van der Waals surface area contributed by atoms with Crippen molar-refractivity contribution in [3.8, 4) is 11.4 Å². The van der Waals surface area contributed by atoms with Crippen molar-refractivity contribution >= 4 is 6.29 Å². The zero-order valence-corrected chi connectivity index (χ0v) is 9.34. The normalized spacial score (nSPS) is 14.6. The summed E-state index contributed by atoms with van der Waals surface area (Å²) in [4.78, 5) is 19.6. The summed E-state index contributed by atoms with van der Waals surface area (Å²) in [6.07, 6.45) is 5.09. The fraction of sp³-hybridized carbons (Fsp3) is 0.214. The second-order valence-electron chi connectivity index (χ2n) is 4.32. The fourth-order valence-electron chi connectivity index (χ4n) is 1.87. The molecule has 0 amide bonds. The third kappa shape index (κ3) is 2.09. The topological polar surface area (TPSA) is 42.9 Å². The molecule has 0 atom stereocenters. The van der Waals surface area contributed by atoms with E-state index < -0.39 is 0 Å². The van der Waals surface area contributed by atoms with E-state index in [4.69, 9.17) is 0 Å². The average molecular weight is 224 g/mol. The molecule has 3 rings (SSSR count). The molecule has 1 heterocycles. The molecule has 0 spiro atoms. The van der Waals surface area contributed by atoms with Gasteiger partial charge in [0.2, 0.25) is 0 Å². The minimum absolute atomic E-state index is 0.617. The van der Waals surface area contributed by atoms with Crippen LogP contribution in [0.15, 0.2) is 36.5 Å². The van der Waals surface area contributed by atoms with E-state index in [9.17, 15) is 4.79 Å². The molecule has 3 nitrogen and oxygen atoms in total. The Hall–Kier alpha value is -2.03. The Morgan fingerprint density at radius 2 is 2.12 bits per heavy atom. The second-order valence-corrected chi connectivity index (χ2v) is 4.32. The highest BCUT2D eigenvalue weighted by atomic mass is 16.1. The second kappa shape index (κ2) is 4.09. The summed E-state index contributed by atoms with van der Waals surface area (Å²) < 4.78 is 0. The van der Waals surface area contributed by atoms with Crippen LogP contribution in [-0.4, -0.2) is 16.3 Å². The summed E-state index contributed by atoms with van der Waals surface area (Å²) in [6, 6.07) is 9.36. The van der Waals surface area contributed by atoms with Crippen LogP contribution < -0.4 is 0 Å². The largest absolute Gasteiger partial charge is 0.298 e. The summed E-state index contributed by atoms with van der Waals surface area (Å²) >= 11 is 0. The van der Waals surface area contributed by atoms with Crippen molar-refractivity contribution < 1.29 is 4.79 Å². The Kier molecular flexibility index (Phi) is 2.44. The van der Waals surface area contributed by atoms with Gasteiger partial charge in [-0.05, 0) is 25.0 Å². The predicted octanol–water partition coefficient (Wildman–Crippen LogP) is 2.83. The van der Waals surface area contributed by atoms with Gasteiger partial charge < -0.3 is 0 Å². The SMILES string of the molecule is O=Cc1cccc(-c2nccc(C3CC3)n2)c1. The van der Waals surface area contributed by atoms with Crippen LogP contribution >= 0.6 is 0 Å². The first-order chi connectivity index (χ1) is 8.36. The quantitative estimate of drug-likeness (QED) is 0.753. The standard InChI is InChI=1S/C14H12N2O/c17-9-10-2-1-3-12(8-10)14-15-7-6-13(16-14)11-4-5-11/h1-3,6-9,11H,4-5H2. The molecule has 1 aliphatic rings. The van der Waals surface area contributed by atoms with Gasteiger partial charge in [0.05, 0.1) is 0 Å². The first-order valence-electron chi connectivity index (χ1n) is 5.75. The summed E-state index contributed by atoms with van der Waals surface area (Å²) in [7, 11) is 0. The van der Waals surface area contributed by atoms with E-state index in [1.807, 2.05) is 24.3 Å². The zero-order valence-electron chi connectivity index (χ0n) is 9.34. The maximum atomic E-state index is 10.7. The summed E-state index contributed by atoms with van der Waals surface area (Å²) in [5.74, 6) is 1.32. The van der Waals surface area contributed by atoms with E-state index in [0.29, 0.717) is 17.3 Å². The van der Waals surface area contributed by atoms with Gasteiger partial charge in [0, 0.05) is 28.9 Å². The van der Waals surface area contributed by atoms with Gasteiger partial charge in [0.1, 0.15) is 6.29 Å². The van der Waals surface area contributed by atoms with Crippen molar-refractivity contribution in [2.45, 2.75) is 18.8 Å². The smallest absolute Gasteiger partial charge is 0.159 e. The maximum absolute atomic E-state index is 10.7. The van der Waals surface area contributed by atoms with Crippen LogP contribution in [0.2, 0.25) is 0 Å². The molecule has 1 aliphatic carbocycles. The van der Waals surface area contributed by atoms with Gasteiger partial charge >= 0.3 is 0 Å². The number of aldehydes is 1. The van der Waals surface area contributed by atoms with Crippen LogP contribution in [0.1, 0.15) is 34.8 Å². The average Bonchev–Trinajstić information content (AvgIpc) is 3.23. The van der Waals surface area contributed by atoms with Crippen molar-refractivity contribution in [2.75, 3.05) is 0 Å². The number of nitrogens with zero attached hydrogens (tertiary/aromatic N) is 2. The molecular weight excluding hydrogens is 212 g/mol. The molecule has 1 saturated carbocycles. The van der Waals surface area contributed by atoms with Crippen LogP contribution in [-0.2, 0) is 0 Å². The van der Waals surface area contributed by atoms with E-state index in [0.717, 1.165) is 17.5 Å². The highest BCUT2D eigenvalue weighted by molar-refractivity contribution is 5.77. The summed E-state index contributed by atoms with van der Waals surface area (Å²) in [5.41, 5.74) is 2.67. The fourth-order valence-corrected chi connectivity index (χ4v) is 1.87. The Morgan fingerprint density at radius 1 is 1.24 bits per heavy atom. The minimum Gasteiger partial charge on any atom is -0.298 e. The number of benzene rings is 1. The van der Waals surface area contributed by atoms with Gasteiger partial charge in [-0.15, -0.1) is 0 Å². The zero-order chi connectivity index (χ0) is 11.7. The molecule has 1 aromatic heterocycles. The highest BCUT2D eigenvalue weighted by Crippen LogP contribution is 2.39. The third-order valence-electron chi connectivity index (χ3n) is 2.95. The molecule has 0 saturated heterocycles. The van der Waals surface area contributed by atoms with E-state index in [1.165, 1.54) is 12.8 Å². The van der Waals surface area contributed by atoms with Gasteiger partial charge in [0.15, 0.2) is 5.82 Å². The number of carbonyl (C=O) groups is 1. The molecular formula is C14H12N2O. The third-order valence-corrected chi connectivity index (χ3v) is 2.95. The molecule has 0 bridgehead atoms. The van der Waals surface area contributed by atoms with Gasteiger partial charge in [0.25, 0.3) is 0 Å². The molecule has 17 heavy (non-hydrogen) atoms. The monoisotopic (exact) mass is 224 g/mol. The molecule has 0 aliphatic heterocycles. The maximum Gasteiger partial charge on any atom is 0.159 e. The lowest BCUT2D eigenvalue weighted by Gasteiger charge is -2.03. The summed E-state index contributed by atoms with van der Waals surface area (Å²) in [6.45, 7) is 0. The Morgan fingerprint density at radius 3 is 2.88 bits per heavy atom. The molecule has 1 fully saturated rings. The number of rotatable bonds is 3. The van der Waals surface area contributed by atoms with E-state index in [2.05, 4.69) is 9.97 Å². The summed E-state index contributed by atoms with van der Waals surface area (Å²) in [5, 5.41) is 0. The number of hydrogen-bond acceptors (Lipinski definition) is 3. The number of carbonyl (C=O) groups excluding carboxylic acids is 1. The Labute approximate surface area is 99.5 Å². The lowest BCUT2D eigenvalue weighted by molar-refractivity contribution is 0.112. The van der Waals surface area contributed by atoms with Gasteiger partial charge in [-0.3, -0.25) is 4.79 Å². The molecule has 84 valence electrons. The van der Waals surface area contributed by atoms with Crippen molar-refractivity contribution in [1.82, 2.24) is 9.97 Å². The lowest BCUT2D eigenvalue weighted by atomic mass is 10.1. The van der Waals surface area contributed by atoms with Crippen LogP contribution in [0, 0.1) is 0 Å². The van der Waals surface area contributed by atoms with Gasteiger partial charge in [-0.25, -0.2) is 9.97 Å². The first kappa shape index (κ1) is 10.1.